The Morgan fingerprint density at radius 2 is 2.14 bits per heavy atom. The Morgan fingerprint density at radius 3 is 2.71 bits per heavy atom. The summed E-state index contributed by atoms with van der Waals surface area (Å²) < 4.78 is 0. The fourth-order valence-electron chi connectivity index (χ4n) is 3.21. The fourth-order valence-corrected chi connectivity index (χ4v) is 4.18. The van der Waals surface area contributed by atoms with Gasteiger partial charge < -0.3 is 5.11 Å². The van der Waals surface area contributed by atoms with Crippen molar-refractivity contribution >= 4 is 11.3 Å². The lowest BCUT2D eigenvalue weighted by molar-refractivity contribution is 0.140. The average molecular weight is 208 g/mol. The summed E-state index contributed by atoms with van der Waals surface area (Å²) in [5.41, 5.74) is 1.27. The summed E-state index contributed by atoms with van der Waals surface area (Å²) in [5, 5.41) is 12.3. The standard InChI is InChI=1S/C12H16OS/c1-7-5-6-14-12(7)11(13)10-8-3-2-4-9(8)10/h5-6,8-11,13H,2-4H2,1H3. The van der Waals surface area contributed by atoms with E-state index in [1.54, 1.807) is 11.3 Å². The third-order valence-corrected chi connectivity index (χ3v) is 5.10. The van der Waals surface area contributed by atoms with Gasteiger partial charge in [-0.1, -0.05) is 6.42 Å². The first kappa shape index (κ1) is 8.93. The van der Waals surface area contributed by atoms with Gasteiger partial charge in [-0.2, -0.15) is 0 Å². The summed E-state index contributed by atoms with van der Waals surface area (Å²) in [6.07, 6.45) is 3.94. The normalized spacial score (nSPS) is 36.9. The minimum atomic E-state index is -0.162. The molecule has 1 nitrogen and oxygen atoms in total. The second kappa shape index (κ2) is 3.07. The highest BCUT2D eigenvalue weighted by Crippen LogP contribution is 2.62. The highest BCUT2D eigenvalue weighted by molar-refractivity contribution is 7.10. The summed E-state index contributed by atoms with van der Waals surface area (Å²) in [6, 6.07) is 2.11. The zero-order valence-electron chi connectivity index (χ0n) is 8.44. The number of rotatable bonds is 2. The smallest absolute Gasteiger partial charge is 0.0918 e. The van der Waals surface area contributed by atoms with Gasteiger partial charge in [-0.25, -0.2) is 0 Å². The zero-order chi connectivity index (χ0) is 9.71. The first-order valence-corrected chi connectivity index (χ1v) is 6.39. The van der Waals surface area contributed by atoms with Gasteiger partial charge in [-0.3, -0.25) is 0 Å². The number of aryl methyl sites for hydroxylation is 1. The average Bonchev–Trinajstić information content (AvgIpc) is 2.57. The maximum absolute atomic E-state index is 10.2. The van der Waals surface area contributed by atoms with E-state index in [0.717, 1.165) is 11.8 Å². The molecule has 2 saturated carbocycles. The lowest BCUT2D eigenvalue weighted by atomic mass is 10.0. The molecule has 76 valence electrons. The number of hydrogen-bond acceptors (Lipinski definition) is 2. The third kappa shape index (κ3) is 1.17. The number of aliphatic hydroxyl groups is 1. The Hall–Kier alpha value is -0.340. The van der Waals surface area contributed by atoms with Crippen molar-refractivity contribution in [2.45, 2.75) is 32.3 Å². The van der Waals surface area contributed by atoms with Gasteiger partial charge in [0.05, 0.1) is 6.10 Å². The van der Waals surface area contributed by atoms with Gasteiger partial charge in [0.15, 0.2) is 0 Å². The highest BCUT2D eigenvalue weighted by Gasteiger charge is 2.56. The molecule has 2 heteroatoms. The first-order chi connectivity index (χ1) is 6.79. The van der Waals surface area contributed by atoms with Crippen LogP contribution < -0.4 is 0 Å². The Kier molecular flexibility index (Phi) is 1.96. The van der Waals surface area contributed by atoms with Crippen LogP contribution in [0.4, 0.5) is 0 Å². The van der Waals surface area contributed by atoms with E-state index in [1.165, 1.54) is 29.7 Å². The van der Waals surface area contributed by atoms with E-state index in [2.05, 4.69) is 18.4 Å². The SMILES string of the molecule is Cc1ccsc1C(O)C1C2CCCC21. The van der Waals surface area contributed by atoms with Crippen LogP contribution in [0.25, 0.3) is 0 Å². The van der Waals surface area contributed by atoms with Gasteiger partial charge in [0.25, 0.3) is 0 Å². The van der Waals surface area contributed by atoms with Crippen LogP contribution in [-0.4, -0.2) is 5.11 Å². The lowest BCUT2D eigenvalue weighted by Crippen LogP contribution is -2.03. The number of hydrogen-bond donors (Lipinski definition) is 1. The van der Waals surface area contributed by atoms with Crippen molar-refractivity contribution in [3.63, 3.8) is 0 Å². The van der Waals surface area contributed by atoms with Crippen LogP contribution in [0.1, 0.15) is 35.8 Å². The molecule has 0 aromatic carbocycles. The molecule has 0 saturated heterocycles. The van der Waals surface area contributed by atoms with E-state index >= 15 is 0 Å². The summed E-state index contributed by atoms with van der Waals surface area (Å²) in [7, 11) is 0. The van der Waals surface area contributed by atoms with Gasteiger partial charge in [0.2, 0.25) is 0 Å². The molecule has 1 aromatic heterocycles. The van der Waals surface area contributed by atoms with Crippen molar-refractivity contribution in [2.75, 3.05) is 0 Å². The molecule has 1 aromatic rings. The Bertz CT molecular complexity index is 334. The minimum absolute atomic E-state index is 0.162. The Labute approximate surface area is 88.8 Å². The summed E-state index contributed by atoms with van der Waals surface area (Å²) in [6.45, 7) is 2.10. The van der Waals surface area contributed by atoms with Crippen LogP contribution in [0.3, 0.4) is 0 Å². The van der Waals surface area contributed by atoms with Crippen molar-refractivity contribution in [1.82, 2.24) is 0 Å². The Morgan fingerprint density at radius 1 is 1.43 bits per heavy atom. The quantitative estimate of drug-likeness (QED) is 0.791. The van der Waals surface area contributed by atoms with Crippen molar-refractivity contribution in [2.24, 2.45) is 17.8 Å². The van der Waals surface area contributed by atoms with Gasteiger partial charge in [-0.15, -0.1) is 11.3 Å². The van der Waals surface area contributed by atoms with Crippen LogP contribution in [0.2, 0.25) is 0 Å². The Balaban J connectivity index is 1.78. The van der Waals surface area contributed by atoms with E-state index < -0.39 is 0 Å². The topological polar surface area (TPSA) is 20.2 Å². The van der Waals surface area contributed by atoms with E-state index in [1.807, 2.05) is 0 Å². The molecule has 0 bridgehead atoms. The van der Waals surface area contributed by atoms with Gasteiger partial charge >= 0.3 is 0 Å². The van der Waals surface area contributed by atoms with E-state index in [9.17, 15) is 5.11 Å². The van der Waals surface area contributed by atoms with E-state index in [-0.39, 0.29) is 6.10 Å². The molecule has 1 N–H and O–H groups in total. The van der Waals surface area contributed by atoms with E-state index in [4.69, 9.17) is 0 Å². The monoisotopic (exact) mass is 208 g/mol. The molecule has 14 heavy (non-hydrogen) atoms. The second-order valence-corrected chi connectivity index (χ2v) is 5.70. The fraction of sp³-hybridized carbons (Fsp3) is 0.667. The highest BCUT2D eigenvalue weighted by atomic mass is 32.1. The molecule has 2 fully saturated rings. The molecule has 2 aliphatic carbocycles. The van der Waals surface area contributed by atoms with Gasteiger partial charge in [0.1, 0.15) is 0 Å². The first-order valence-electron chi connectivity index (χ1n) is 5.51. The second-order valence-electron chi connectivity index (χ2n) is 4.75. The molecule has 3 rings (SSSR count). The van der Waals surface area contributed by atoms with Crippen LogP contribution in [-0.2, 0) is 0 Å². The minimum Gasteiger partial charge on any atom is -0.387 e. The lowest BCUT2D eigenvalue weighted by Gasteiger charge is -2.11. The maximum atomic E-state index is 10.2. The molecule has 3 atom stereocenters. The molecule has 0 spiro atoms. The summed E-state index contributed by atoms with van der Waals surface area (Å²) in [4.78, 5) is 1.21. The molecule has 1 heterocycles. The predicted octanol–water partition coefficient (Wildman–Crippen LogP) is 3.14. The largest absolute Gasteiger partial charge is 0.387 e. The number of fused-ring (bicyclic) bond motifs is 1. The van der Waals surface area contributed by atoms with Gasteiger partial charge in [0, 0.05) is 4.88 Å². The number of aliphatic hydroxyl groups excluding tert-OH is 1. The van der Waals surface area contributed by atoms with Crippen molar-refractivity contribution in [1.29, 1.82) is 0 Å². The molecule has 2 aliphatic rings. The molecular formula is C12H16OS. The maximum Gasteiger partial charge on any atom is 0.0918 e. The van der Waals surface area contributed by atoms with Crippen LogP contribution >= 0.6 is 11.3 Å². The zero-order valence-corrected chi connectivity index (χ0v) is 9.26. The predicted molar refractivity (Wildman–Crippen MR) is 58.3 cm³/mol. The summed E-state index contributed by atoms with van der Waals surface area (Å²) in [5.74, 6) is 2.30. The van der Waals surface area contributed by atoms with Crippen LogP contribution in [0.15, 0.2) is 11.4 Å². The molecule has 0 radical (unpaired) electrons. The van der Waals surface area contributed by atoms with Crippen LogP contribution in [0, 0.1) is 24.7 Å². The van der Waals surface area contributed by atoms with Gasteiger partial charge in [-0.05, 0) is 54.5 Å². The van der Waals surface area contributed by atoms with Crippen LogP contribution in [0.5, 0.6) is 0 Å². The molecule has 0 aliphatic heterocycles. The molecular weight excluding hydrogens is 192 g/mol. The molecule has 3 unspecified atom stereocenters. The van der Waals surface area contributed by atoms with Crippen molar-refractivity contribution < 1.29 is 5.11 Å². The number of thiophene rings is 1. The van der Waals surface area contributed by atoms with Crippen molar-refractivity contribution in [3.05, 3.63) is 21.9 Å². The van der Waals surface area contributed by atoms with Crippen molar-refractivity contribution in [3.8, 4) is 0 Å². The van der Waals surface area contributed by atoms with E-state index in [0.29, 0.717) is 5.92 Å². The third-order valence-electron chi connectivity index (χ3n) is 4.01. The summed E-state index contributed by atoms with van der Waals surface area (Å²) >= 11 is 1.71. The molecule has 0 amide bonds.